The minimum atomic E-state index is -0.647. The van der Waals surface area contributed by atoms with Crippen molar-refractivity contribution in [3.05, 3.63) is 33.4 Å². The fourth-order valence-corrected chi connectivity index (χ4v) is 3.11. The van der Waals surface area contributed by atoms with Crippen molar-refractivity contribution in [3.63, 3.8) is 0 Å². The molecule has 122 valence electrons. The number of allylic oxidation sites excluding steroid dienone is 1. The van der Waals surface area contributed by atoms with Crippen molar-refractivity contribution in [2.24, 2.45) is 0 Å². The maximum Gasteiger partial charge on any atom is 0.338 e. The molecule has 2 aliphatic rings. The summed E-state index contributed by atoms with van der Waals surface area (Å²) in [6, 6.07) is 2.47. The molecular weight excluding hydrogens is 368 g/mol. The van der Waals surface area contributed by atoms with Crippen LogP contribution >= 0.6 is 15.9 Å². The highest BCUT2D eigenvalue weighted by Gasteiger charge is 2.34. The zero-order valence-electron chi connectivity index (χ0n) is 12.6. The van der Waals surface area contributed by atoms with E-state index >= 15 is 0 Å². The van der Waals surface area contributed by atoms with Gasteiger partial charge < -0.3 is 24.8 Å². The molecule has 0 saturated heterocycles. The topological polar surface area (TPSA) is 85.9 Å². The Bertz CT molecular complexity index is 716. The third-order valence-corrected chi connectivity index (χ3v) is 4.25. The summed E-state index contributed by atoms with van der Waals surface area (Å²) >= 11 is 3.46. The first-order chi connectivity index (χ1) is 11.0. The third-order valence-electron chi connectivity index (χ3n) is 3.57. The predicted molar refractivity (Wildman–Crippen MR) is 84.0 cm³/mol. The summed E-state index contributed by atoms with van der Waals surface area (Å²) in [6.45, 7) is 3.79. The number of carbonyl (C=O) groups excluding carboxylic acids is 2. The summed E-state index contributed by atoms with van der Waals surface area (Å²) in [4.78, 5) is 24.1. The molecule has 23 heavy (non-hydrogen) atoms. The second kappa shape index (κ2) is 6.11. The van der Waals surface area contributed by atoms with Crippen molar-refractivity contribution in [1.29, 1.82) is 0 Å². The maximum atomic E-state index is 12.3. The van der Waals surface area contributed by atoms with Crippen molar-refractivity contribution >= 4 is 27.9 Å². The summed E-state index contributed by atoms with van der Waals surface area (Å²) in [7, 11) is 0. The Morgan fingerprint density at radius 3 is 2.78 bits per heavy atom. The number of halogens is 1. The molecular formula is C15H15BrN2O5. The Morgan fingerprint density at radius 1 is 1.39 bits per heavy atom. The highest BCUT2D eigenvalue weighted by atomic mass is 79.9. The molecule has 8 heteroatoms. The van der Waals surface area contributed by atoms with E-state index < -0.39 is 12.0 Å². The van der Waals surface area contributed by atoms with Gasteiger partial charge in [-0.05, 0) is 31.5 Å². The van der Waals surface area contributed by atoms with E-state index in [0.717, 1.165) is 0 Å². The molecule has 2 aliphatic heterocycles. The van der Waals surface area contributed by atoms with E-state index in [1.807, 2.05) is 0 Å². The summed E-state index contributed by atoms with van der Waals surface area (Å²) in [5, 5.41) is 5.35. The number of hydrogen-bond acceptors (Lipinski definition) is 5. The molecule has 1 aromatic rings. The van der Waals surface area contributed by atoms with Crippen LogP contribution in [-0.2, 0) is 9.53 Å². The van der Waals surface area contributed by atoms with Gasteiger partial charge in [0, 0.05) is 10.2 Å². The number of rotatable bonds is 3. The van der Waals surface area contributed by atoms with Crippen LogP contribution in [0.1, 0.15) is 25.5 Å². The van der Waals surface area contributed by atoms with E-state index in [1.165, 1.54) is 0 Å². The molecule has 0 bridgehead atoms. The van der Waals surface area contributed by atoms with E-state index in [9.17, 15) is 9.59 Å². The van der Waals surface area contributed by atoms with Gasteiger partial charge in [-0.25, -0.2) is 9.59 Å². The maximum absolute atomic E-state index is 12.3. The van der Waals surface area contributed by atoms with Crippen LogP contribution in [0, 0.1) is 0 Å². The third kappa shape index (κ3) is 2.86. The minimum Gasteiger partial charge on any atom is -0.463 e. The van der Waals surface area contributed by atoms with Crippen molar-refractivity contribution in [1.82, 2.24) is 10.6 Å². The molecule has 2 N–H and O–H groups in total. The number of hydrogen-bond donors (Lipinski definition) is 2. The van der Waals surface area contributed by atoms with Crippen LogP contribution in [0.25, 0.3) is 0 Å². The van der Waals surface area contributed by atoms with Gasteiger partial charge in [0.05, 0.1) is 18.2 Å². The largest absolute Gasteiger partial charge is 0.463 e. The molecule has 3 rings (SSSR count). The lowest BCUT2D eigenvalue weighted by Crippen LogP contribution is -2.45. The first-order valence-corrected chi connectivity index (χ1v) is 7.85. The van der Waals surface area contributed by atoms with Crippen LogP contribution in [0.3, 0.4) is 0 Å². The number of fused-ring (bicyclic) bond motifs is 1. The number of urea groups is 1. The van der Waals surface area contributed by atoms with Gasteiger partial charge in [0.1, 0.15) is 0 Å². The summed E-state index contributed by atoms with van der Waals surface area (Å²) in [6.07, 6.45) is 0. The number of ether oxygens (including phenoxy) is 3. The molecule has 1 atom stereocenters. The molecule has 2 heterocycles. The summed E-state index contributed by atoms with van der Waals surface area (Å²) in [5.41, 5.74) is 1.50. The Balaban J connectivity index is 2.07. The number of carbonyl (C=O) groups is 2. The van der Waals surface area contributed by atoms with Crippen molar-refractivity contribution in [2.45, 2.75) is 19.9 Å². The van der Waals surface area contributed by atoms with E-state index in [2.05, 4.69) is 26.6 Å². The molecule has 0 aliphatic carbocycles. The zero-order chi connectivity index (χ0) is 16.6. The Morgan fingerprint density at radius 2 is 2.09 bits per heavy atom. The lowest BCUT2D eigenvalue weighted by Gasteiger charge is -2.28. The van der Waals surface area contributed by atoms with Crippen LogP contribution in [0.2, 0.25) is 0 Å². The zero-order valence-corrected chi connectivity index (χ0v) is 14.2. The Labute approximate surface area is 141 Å². The van der Waals surface area contributed by atoms with Gasteiger partial charge in [0.2, 0.25) is 6.79 Å². The second-order valence-corrected chi connectivity index (χ2v) is 5.87. The van der Waals surface area contributed by atoms with E-state index in [4.69, 9.17) is 14.2 Å². The molecule has 0 unspecified atom stereocenters. The monoisotopic (exact) mass is 382 g/mol. The van der Waals surface area contributed by atoms with E-state index in [0.29, 0.717) is 32.8 Å². The highest BCUT2D eigenvalue weighted by Crippen LogP contribution is 2.41. The van der Waals surface area contributed by atoms with Crippen LogP contribution < -0.4 is 20.1 Å². The van der Waals surface area contributed by atoms with E-state index in [-0.39, 0.29) is 19.4 Å². The Hall–Kier alpha value is -2.22. The smallest absolute Gasteiger partial charge is 0.338 e. The van der Waals surface area contributed by atoms with Crippen LogP contribution in [0.5, 0.6) is 11.5 Å². The van der Waals surface area contributed by atoms with Gasteiger partial charge in [0.15, 0.2) is 11.5 Å². The summed E-state index contributed by atoms with van der Waals surface area (Å²) < 4.78 is 16.5. The average molecular weight is 383 g/mol. The lowest BCUT2D eigenvalue weighted by atomic mass is 9.95. The van der Waals surface area contributed by atoms with Gasteiger partial charge in [-0.15, -0.1) is 0 Å². The van der Waals surface area contributed by atoms with Gasteiger partial charge in [-0.1, -0.05) is 15.9 Å². The molecule has 0 saturated carbocycles. The fraction of sp³-hybridized carbons (Fsp3) is 0.333. The first-order valence-electron chi connectivity index (χ1n) is 7.05. The van der Waals surface area contributed by atoms with Crippen molar-refractivity contribution < 1.29 is 23.8 Å². The average Bonchev–Trinajstić information content (AvgIpc) is 2.92. The standard InChI is InChI=1S/C15H15BrN2O5/c1-3-21-14(19)12-7(2)17-15(20)18-13(12)8-4-10-11(5-9(8)16)23-6-22-10/h4-5,13H,3,6H2,1-2H3,(H2,17,18,20)/t13-/m1/s1. The lowest BCUT2D eigenvalue weighted by molar-refractivity contribution is -0.139. The van der Waals surface area contributed by atoms with Crippen LogP contribution in [-0.4, -0.2) is 25.4 Å². The van der Waals surface area contributed by atoms with E-state index in [1.54, 1.807) is 26.0 Å². The van der Waals surface area contributed by atoms with Crippen LogP contribution in [0.15, 0.2) is 27.9 Å². The van der Waals surface area contributed by atoms with Gasteiger partial charge >= 0.3 is 12.0 Å². The number of esters is 1. The van der Waals surface area contributed by atoms with Gasteiger partial charge in [-0.3, -0.25) is 0 Å². The SMILES string of the molecule is CCOC(=O)C1=C(C)NC(=O)N[C@@H]1c1cc2c(cc1Br)OCO2. The van der Waals surface area contributed by atoms with Gasteiger partial charge in [0.25, 0.3) is 0 Å². The molecule has 1 aromatic carbocycles. The summed E-state index contributed by atoms with van der Waals surface area (Å²) in [5.74, 6) is 0.697. The molecule has 0 spiro atoms. The molecule has 0 radical (unpaired) electrons. The second-order valence-electron chi connectivity index (χ2n) is 5.02. The Kier molecular flexibility index (Phi) is 4.16. The fourth-order valence-electron chi connectivity index (χ4n) is 2.56. The predicted octanol–water partition coefficient (Wildman–Crippen LogP) is 2.37. The molecule has 2 amide bonds. The molecule has 0 fully saturated rings. The van der Waals surface area contributed by atoms with Gasteiger partial charge in [-0.2, -0.15) is 0 Å². The quantitative estimate of drug-likeness (QED) is 0.783. The minimum absolute atomic E-state index is 0.142. The first kappa shape index (κ1) is 15.7. The van der Waals surface area contributed by atoms with Crippen molar-refractivity contribution in [3.8, 4) is 11.5 Å². The number of benzene rings is 1. The molecule has 7 nitrogen and oxygen atoms in total. The number of amides is 2. The number of nitrogens with one attached hydrogen (secondary N) is 2. The highest BCUT2D eigenvalue weighted by molar-refractivity contribution is 9.10. The van der Waals surface area contributed by atoms with Crippen molar-refractivity contribution in [2.75, 3.05) is 13.4 Å². The normalized spacial score (nSPS) is 19.3. The van der Waals surface area contributed by atoms with Crippen LogP contribution in [0.4, 0.5) is 4.79 Å². The molecule has 0 aromatic heterocycles.